The quantitative estimate of drug-likeness (QED) is 0.822. The minimum atomic E-state index is -0.188. The van der Waals surface area contributed by atoms with Gasteiger partial charge >= 0.3 is 0 Å². The second-order valence-electron chi connectivity index (χ2n) is 8.13. The summed E-state index contributed by atoms with van der Waals surface area (Å²) in [6.07, 6.45) is 0.852. The third-order valence-electron chi connectivity index (χ3n) is 5.25. The van der Waals surface area contributed by atoms with Crippen molar-refractivity contribution in [2.75, 3.05) is 29.5 Å². The van der Waals surface area contributed by atoms with E-state index >= 15 is 0 Å². The first-order valence-electron chi connectivity index (χ1n) is 9.30. The summed E-state index contributed by atoms with van der Waals surface area (Å²) in [4.78, 5) is 28.7. The first-order chi connectivity index (χ1) is 12.8. The Hall–Kier alpha value is -2.82. The molecule has 2 aliphatic rings. The maximum atomic E-state index is 12.9. The van der Waals surface area contributed by atoms with Crippen LogP contribution < -0.4 is 14.5 Å². The number of ether oxygens (including phenoxy) is 1. The van der Waals surface area contributed by atoms with E-state index in [0.29, 0.717) is 18.0 Å². The zero-order valence-corrected chi connectivity index (χ0v) is 16.0. The molecule has 2 aliphatic heterocycles. The highest BCUT2D eigenvalue weighted by Gasteiger charge is 2.32. The van der Waals surface area contributed by atoms with Crippen LogP contribution in [-0.4, -0.2) is 31.5 Å². The first kappa shape index (κ1) is 17.6. The lowest BCUT2D eigenvalue weighted by molar-refractivity contribution is -0.124. The number of benzene rings is 2. The largest absolute Gasteiger partial charge is 0.482 e. The molecule has 2 aromatic rings. The number of amides is 2. The Morgan fingerprint density at radius 2 is 1.89 bits per heavy atom. The molecule has 5 heteroatoms. The van der Waals surface area contributed by atoms with Crippen molar-refractivity contribution in [3.8, 4) is 5.75 Å². The van der Waals surface area contributed by atoms with Crippen molar-refractivity contribution in [1.29, 1.82) is 0 Å². The number of anilines is 2. The molecule has 0 fully saturated rings. The predicted octanol–water partition coefficient (Wildman–Crippen LogP) is 3.30. The Bertz CT molecular complexity index is 914. The number of carbonyl (C=O) groups excluding carboxylic acids is 2. The van der Waals surface area contributed by atoms with Crippen LogP contribution in [0, 0.1) is 0 Å². The summed E-state index contributed by atoms with van der Waals surface area (Å²) in [7, 11) is 0. The van der Waals surface area contributed by atoms with Crippen LogP contribution in [0.5, 0.6) is 5.75 Å². The molecule has 2 heterocycles. The number of rotatable bonds is 2. The normalized spacial score (nSPS) is 16.0. The van der Waals surface area contributed by atoms with E-state index in [2.05, 4.69) is 20.8 Å². The van der Waals surface area contributed by atoms with E-state index in [0.717, 1.165) is 17.7 Å². The molecule has 5 nitrogen and oxygen atoms in total. The van der Waals surface area contributed by atoms with Crippen molar-refractivity contribution in [1.82, 2.24) is 0 Å². The molecule has 0 unspecified atom stereocenters. The third kappa shape index (κ3) is 3.18. The van der Waals surface area contributed by atoms with Gasteiger partial charge in [-0.15, -0.1) is 0 Å². The molecule has 0 saturated heterocycles. The van der Waals surface area contributed by atoms with E-state index in [9.17, 15) is 9.59 Å². The fourth-order valence-corrected chi connectivity index (χ4v) is 3.66. The minimum absolute atomic E-state index is 0.0141. The summed E-state index contributed by atoms with van der Waals surface area (Å²) in [6.45, 7) is 7.05. The van der Waals surface area contributed by atoms with Gasteiger partial charge in [-0.3, -0.25) is 14.5 Å². The smallest absolute Gasteiger partial charge is 0.265 e. The maximum absolute atomic E-state index is 12.9. The van der Waals surface area contributed by atoms with Gasteiger partial charge in [0.25, 0.3) is 5.91 Å². The van der Waals surface area contributed by atoms with E-state index in [-0.39, 0.29) is 30.4 Å². The van der Waals surface area contributed by atoms with E-state index in [1.807, 2.05) is 42.5 Å². The highest BCUT2D eigenvalue weighted by molar-refractivity contribution is 6.06. The second-order valence-corrected chi connectivity index (χ2v) is 8.13. The predicted molar refractivity (Wildman–Crippen MR) is 105 cm³/mol. The SMILES string of the molecule is CC(C)(C)c1ccc2c(c1)OCC(=O)N2CC(=O)N1CCc2ccccc21. The van der Waals surface area contributed by atoms with Crippen LogP contribution >= 0.6 is 0 Å². The standard InChI is InChI=1S/C22H24N2O3/c1-22(2,3)16-8-9-18-19(12-16)27-14-21(26)24(18)13-20(25)23-11-10-15-6-4-5-7-17(15)23/h4-9,12H,10-11,13-14H2,1-3H3. The van der Waals surface area contributed by atoms with Crippen LogP contribution in [-0.2, 0) is 21.4 Å². The summed E-state index contributed by atoms with van der Waals surface area (Å²) in [5, 5.41) is 0. The topological polar surface area (TPSA) is 49.9 Å². The lowest BCUT2D eigenvalue weighted by Gasteiger charge is -2.31. The lowest BCUT2D eigenvalue weighted by Crippen LogP contribution is -2.46. The molecule has 4 rings (SSSR count). The fourth-order valence-electron chi connectivity index (χ4n) is 3.66. The van der Waals surface area contributed by atoms with Crippen LogP contribution in [0.1, 0.15) is 31.9 Å². The summed E-state index contributed by atoms with van der Waals surface area (Å²) < 4.78 is 5.65. The zero-order chi connectivity index (χ0) is 19.2. The van der Waals surface area contributed by atoms with Crippen LogP contribution in [0.2, 0.25) is 0 Å². The maximum Gasteiger partial charge on any atom is 0.265 e. The van der Waals surface area contributed by atoms with Gasteiger partial charge in [0.05, 0.1) is 5.69 Å². The highest BCUT2D eigenvalue weighted by atomic mass is 16.5. The molecule has 140 valence electrons. The van der Waals surface area contributed by atoms with Gasteiger partial charge in [0, 0.05) is 12.2 Å². The molecule has 0 bridgehead atoms. The van der Waals surface area contributed by atoms with Gasteiger partial charge in [-0.05, 0) is 41.2 Å². The summed E-state index contributed by atoms with van der Waals surface area (Å²) in [6, 6.07) is 13.8. The van der Waals surface area contributed by atoms with Crippen molar-refractivity contribution in [3.05, 3.63) is 53.6 Å². The molecule has 0 N–H and O–H groups in total. The minimum Gasteiger partial charge on any atom is -0.482 e. The van der Waals surface area contributed by atoms with Crippen molar-refractivity contribution >= 4 is 23.2 Å². The molecule has 2 aromatic carbocycles. The summed E-state index contributed by atoms with van der Waals surface area (Å²) in [5.41, 5.74) is 3.91. The number of nitrogens with zero attached hydrogens (tertiary/aromatic N) is 2. The first-order valence-corrected chi connectivity index (χ1v) is 9.30. The van der Waals surface area contributed by atoms with Gasteiger partial charge in [0.2, 0.25) is 5.91 Å². The molecule has 0 saturated carbocycles. The van der Waals surface area contributed by atoms with Crippen molar-refractivity contribution < 1.29 is 14.3 Å². The van der Waals surface area contributed by atoms with Gasteiger partial charge in [0.1, 0.15) is 12.3 Å². The molecule has 0 spiro atoms. The van der Waals surface area contributed by atoms with Crippen molar-refractivity contribution in [2.45, 2.75) is 32.6 Å². The Balaban J connectivity index is 1.60. The molecule has 0 aliphatic carbocycles. The molecular formula is C22H24N2O3. The highest BCUT2D eigenvalue weighted by Crippen LogP contribution is 2.36. The second kappa shape index (κ2) is 6.41. The molecule has 27 heavy (non-hydrogen) atoms. The molecule has 2 amide bonds. The lowest BCUT2D eigenvalue weighted by atomic mass is 9.86. The number of hydrogen-bond acceptors (Lipinski definition) is 3. The van der Waals surface area contributed by atoms with Gasteiger partial charge in [-0.25, -0.2) is 0 Å². The summed E-state index contributed by atoms with van der Waals surface area (Å²) in [5.74, 6) is 0.407. The molecule has 0 radical (unpaired) electrons. The Labute approximate surface area is 159 Å². The monoisotopic (exact) mass is 364 g/mol. The number of para-hydroxylation sites is 1. The van der Waals surface area contributed by atoms with Crippen LogP contribution in [0.4, 0.5) is 11.4 Å². The van der Waals surface area contributed by atoms with Gasteiger partial charge in [-0.2, -0.15) is 0 Å². The number of carbonyl (C=O) groups is 2. The van der Waals surface area contributed by atoms with Crippen LogP contribution in [0.3, 0.4) is 0 Å². The van der Waals surface area contributed by atoms with Gasteiger partial charge < -0.3 is 9.64 Å². The van der Waals surface area contributed by atoms with Gasteiger partial charge in [0.15, 0.2) is 6.61 Å². The number of hydrogen-bond donors (Lipinski definition) is 0. The van der Waals surface area contributed by atoms with E-state index in [1.54, 1.807) is 9.80 Å². The third-order valence-corrected chi connectivity index (χ3v) is 5.25. The molecule has 0 atom stereocenters. The summed E-state index contributed by atoms with van der Waals surface area (Å²) >= 11 is 0. The molecular weight excluding hydrogens is 340 g/mol. The zero-order valence-electron chi connectivity index (χ0n) is 16.0. The van der Waals surface area contributed by atoms with E-state index in [4.69, 9.17) is 4.74 Å². The fraction of sp³-hybridized carbons (Fsp3) is 0.364. The van der Waals surface area contributed by atoms with Crippen LogP contribution in [0.15, 0.2) is 42.5 Å². The van der Waals surface area contributed by atoms with Crippen molar-refractivity contribution in [3.63, 3.8) is 0 Å². The molecule has 0 aromatic heterocycles. The van der Waals surface area contributed by atoms with E-state index < -0.39 is 0 Å². The van der Waals surface area contributed by atoms with Gasteiger partial charge in [-0.1, -0.05) is 45.0 Å². The number of fused-ring (bicyclic) bond motifs is 2. The van der Waals surface area contributed by atoms with E-state index in [1.165, 1.54) is 5.56 Å². The Morgan fingerprint density at radius 1 is 1.11 bits per heavy atom. The Morgan fingerprint density at radius 3 is 2.67 bits per heavy atom. The Kier molecular flexibility index (Phi) is 4.17. The average Bonchev–Trinajstić information content (AvgIpc) is 3.07. The average molecular weight is 364 g/mol. The van der Waals surface area contributed by atoms with Crippen LogP contribution in [0.25, 0.3) is 0 Å². The van der Waals surface area contributed by atoms with Crippen molar-refractivity contribution in [2.24, 2.45) is 0 Å².